The highest BCUT2D eigenvalue weighted by atomic mass is 32.2. The van der Waals surface area contributed by atoms with E-state index in [9.17, 15) is 8.42 Å². The molecule has 0 fully saturated rings. The SMILES string of the molecule is CN(Cc1csc(C#CCO)c1)S(=O)(=O)CC(C)(C)C. The number of hydrogen-bond acceptors (Lipinski definition) is 4. The molecule has 0 aliphatic carbocycles. The Bertz CT molecular complexity index is 600. The molecule has 0 unspecified atom stereocenters. The summed E-state index contributed by atoms with van der Waals surface area (Å²) in [6.45, 7) is 5.89. The van der Waals surface area contributed by atoms with Gasteiger partial charge in [-0.1, -0.05) is 32.6 Å². The van der Waals surface area contributed by atoms with Gasteiger partial charge < -0.3 is 5.11 Å². The van der Waals surface area contributed by atoms with Gasteiger partial charge in [-0.2, -0.15) is 0 Å². The predicted molar refractivity (Wildman–Crippen MR) is 83.0 cm³/mol. The summed E-state index contributed by atoms with van der Waals surface area (Å²) in [6, 6.07) is 1.86. The molecule has 0 atom stereocenters. The quantitative estimate of drug-likeness (QED) is 0.863. The number of hydrogen-bond donors (Lipinski definition) is 1. The normalized spacial score (nSPS) is 12.3. The molecule has 1 N–H and O–H groups in total. The summed E-state index contributed by atoms with van der Waals surface area (Å²) in [4.78, 5) is 0.829. The van der Waals surface area contributed by atoms with E-state index in [0.717, 1.165) is 10.4 Å². The van der Waals surface area contributed by atoms with Gasteiger partial charge in [-0.15, -0.1) is 11.3 Å². The van der Waals surface area contributed by atoms with Gasteiger partial charge in [0.05, 0.1) is 10.6 Å². The molecule has 0 radical (unpaired) electrons. The molecule has 112 valence electrons. The van der Waals surface area contributed by atoms with Crippen LogP contribution < -0.4 is 0 Å². The minimum absolute atomic E-state index is 0.123. The maximum atomic E-state index is 12.2. The average molecular weight is 315 g/mol. The monoisotopic (exact) mass is 315 g/mol. The van der Waals surface area contributed by atoms with Crippen molar-refractivity contribution in [2.45, 2.75) is 27.3 Å². The van der Waals surface area contributed by atoms with Crippen molar-refractivity contribution in [1.29, 1.82) is 0 Å². The molecule has 6 heteroatoms. The number of sulfonamides is 1. The van der Waals surface area contributed by atoms with Gasteiger partial charge in [0.1, 0.15) is 6.61 Å². The van der Waals surface area contributed by atoms with E-state index in [1.807, 2.05) is 32.2 Å². The Hall–Kier alpha value is -0.870. The maximum absolute atomic E-state index is 12.2. The summed E-state index contributed by atoms with van der Waals surface area (Å²) in [6.07, 6.45) is 0. The van der Waals surface area contributed by atoms with Crippen molar-refractivity contribution in [3.63, 3.8) is 0 Å². The maximum Gasteiger partial charge on any atom is 0.214 e. The first-order valence-electron chi connectivity index (χ1n) is 6.25. The highest BCUT2D eigenvalue weighted by molar-refractivity contribution is 7.89. The van der Waals surface area contributed by atoms with Crippen molar-refractivity contribution >= 4 is 21.4 Å². The lowest BCUT2D eigenvalue weighted by Crippen LogP contribution is -2.33. The Morgan fingerprint density at radius 3 is 2.60 bits per heavy atom. The minimum Gasteiger partial charge on any atom is -0.384 e. The van der Waals surface area contributed by atoms with Gasteiger partial charge in [0.25, 0.3) is 0 Å². The van der Waals surface area contributed by atoms with Crippen molar-refractivity contribution < 1.29 is 13.5 Å². The molecule has 0 saturated carbocycles. The fourth-order valence-electron chi connectivity index (χ4n) is 1.66. The van der Waals surface area contributed by atoms with Gasteiger partial charge in [-0.3, -0.25) is 0 Å². The third-order valence-electron chi connectivity index (χ3n) is 2.44. The van der Waals surface area contributed by atoms with Crippen LogP contribution in [0.3, 0.4) is 0 Å². The Morgan fingerprint density at radius 2 is 2.05 bits per heavy atom. The van der Waals surface area contributed by atoms with Crippen LogP contribution in [0.5, 0.6) is 0 Å². The average Bonchev–Trinajstić information content (AvgIpc) is 2.70. The number of thiophene rings is 1. The summed E-state index contributed by atoms with van der Waals surface area (Å²) in [5.74, 6) is 5.51. The molecule has 1 heterocycles. The smallest absolute Gasteiger partial charge is 0.214 e. The molecular formula is C14H21NO3S2. The summed E-state index contributed by atoms with van der Waals surface area (Å²) in [5.41, 5.74) is 0.650. The largest absolute Gasteiger partial charge is 0.384 e. The Morgan fingerprint density at radius 1 is 1.40 bits per heavy atom. The number of aliphatic hydroxyl groups excluding tert-OH is 1. The van der Waals surface area contributed by atoms with Crippen molar-refractivity contribution in [3.05, 3.63) is 21.9 Å². The fourth-order valence-corrected chi connectivity index (χ4v) is 4.10. The van der Waals surface area contributed by atoms with Crippen LogP contribution in [0, 0.1) is 17.3 Å². The van der Waals surface area contributed by atoms with E-state index in [2.05, 4.69) is 11.8 Å². The zero-order valence-corrected chi connectivity index (χ0v) is 13.9. The Balaban J connectivity index is 2.75. The van der Waals surface area contributed by atoms with Gasteiger partial charge in [0, 0.05) is 13.6 Å². The lowest BCUT2D eigenvalue weighted by molar-refractivity contribution is 0.350. The van der Waals surface area contributed by atoms with Gasteiger partial charge in [-0.05, 0) is 22.4 Å². The standard InChI is InChI=1S/C14H21NO3S2/c1-14(2,3)11-20(17,18)15(4)9-12-8-13(19-10-12)6-5-7-16/h8,10,16H,7,9,11H2,1-4H3. The lowest BCUT2D eigenvalue weighted by Gasteiger charge is -2.23. The Labute approximate surface area is 125 Å². The number of nitrogens with zero attached hydrogens (tertiary/aromatic N) is 1. The third kappa shape index (κ3) is 5.63. The van der Waals surface area contributed by atoms with Crippen molar-refractivity contribution in [2.24, 2.45) is 5.41 Å². The molecule has 20 heavy (non-hydrogen) atoms. The van der Waals surface area contributed by atoms with Gasteiger partial charge in [0.15, 0.2) is 0 Å². The molecular weight excluding hydrogens is 294 g/mol. The van der Waals surface area contributed by atoms with Crippen molar-refractivity contribution in [2.75, 3.05) is 19.4 Å². The van der Waals surface area contributed by atoms with Crippen molar-refractivity contribution in [1.82, 2.24) is 4.31 Å². The van der Waals surface area contributed by atoms with Gasteiger partial charge in [-0.25, -0.2) is 12.7 Å². The van der Waals surface area contributed by atoms with E-state index < -0.39 is 10.0 Å². The summed E-state index contributed by atoms with van der Waals surface area (Å²) in [7, 11) is -1.67. The van der Waals surface area contributed by atoms with Crippen LogP contribution in [-0.2, 0) is 16.6 Å². The van der Waals surface area contributed by atoms with Crippen molar-refractivity contribution in [3.8, 4) is 11.8 Å². The molecule has 0 aliphatic heterocycles. The highest BCUT2D eigenvalue weighted by Gasteiger charge is 2.25. The van der Waals surface area contributed by atoms with E-state index in [4.69, 9.17) is 5.11 Å². The van der Waals surface area contributed by atoms with E-state index in [0.29, 0.717) is 6.54 Å². The topological polar surface area (TPSA) is 57.6 Å². The molecule has 1 aromatic heterocycles. The second-order valence-corrected chi connectivity index (χ2v) is 8.84. The fraction of sp³-hybridized carbons (Fsp3) is 0.571. The molecule has 4 nitrogen and oxygen atoms in total. The second kappa shape index (κ2) is 6.72. The summed E-state index contributed by atoms with van der Waals surface area (Å²) < 4.78 is 25.8. The van der Waals surface area contributed by atoms with Crippen LogP contribution in [0.1, 0.15) is 31.2 Å². The van der Waals surface area contributed by atoms with Gasteiger partial charge in [0.2, 0.25) is 10.0 Å². The minimum atomic E-state index is -3.26. The first kappa shape index (κ1) is 17.2. The van der Waals surface area contributed by atoms with E-state index in [1.54, 1.807) is 7.05 Å². The van der Waals surface area contributed by atoms with Crippen LogP contribution >= 0.6 is 11.3 Å². The van der Waals surface area contributed by atoms with Crippen LogP contribution in [0.25, 0.3) is 0 Å². The lowest BCUT2D eigenvalue weighted by atomic mass is 10.0. The zero-order valence-electron chi connectivity index (χ0n) is 12.3. The third-order valence-corrected chi connectivity index (χ3v) is 5.64. The number of rotatable bonds is 4. The van der Waals surface area contributed by atoms with Gasteiger partial charge >= 0.3 is 0 Å². The Kier molecular flexibility index (Phi) is 5.78. The van der Waals surface area contributed by atoms with E-state index in [1.165, 1.54) is 15.6 Å². The molecule has 0 saturated heterocycles. The van der Waals surface area contributed by atoms with E-state index >= 15 is 0 Å². The molecule has 0 aromatic carbocycles. The van der Waals surface area contributed by atoms with Crippen LogP contribution in [0.15, 0.2) is 11.4 Å². The second-order valence-electron chi connectivity index (χ2n) is 5.85. The van der Waals surface area contributed by atoms with Crippen LogP contribution in [-0.4, -0.2) is 37.2 Å². The first-order valence-corrected chi connectivity index (χ1v) is 8.74. The van der Waals surface area contributed by atoms with Crippen LogP contribution in [0.4, 0.5) is 0 Å². The van der Waals surface area contributed by atoms with Crippen LogP contribution in [0.2, 0.25) is 0 Å². The molecule has 0 bridgehead atoms. The first-order chi connectivity index (χ1) is 9.14. The van der Waals surface area contributed by atoms with E-state index in [-0.39, 0.29) is 17.8 Å². The number of aliphatic hydroxyl groups is 1. The highest BCUT2D eigenvalue weighted by Crippen LogP contribution is 2.21. The zero-order chi connectivity index (χ0) is 15.4. The molecule has 0 spiro atoms. The predicted octanol–water partition coefficient (Wildman–Crippen LogP) is 1.90. The molecule has 1 rings (SSSR count). The molecule has 1 aromatic rings. The molecule has 0 aliphatic rings. The summed E-state index contributed by atoms with van der Waals surface area (Å²) in [5, 5.41) is 10.5. The summed E-state index contributed by atoms with van der Waals surface area (Å²) >= 11 is 1.45. The molecule has 0 amide bonds.